The Kier molecular flexibility index (Phi) is 8.45. The normalized spacial score (nSPS) is 19.0. The molecule has 1 unspecified atom stereocenters. The summed E-state index contributed by atoms with van der Waals surface area (Å²) in [4.78, 5) is 21.7. The van der Waals surface area contributed by atoms with Crippen molar-refractivity contribution in [2.24, 2.45) is 5.92 Å². The maximum absolute atomic E-state index is 12.3. The number of rotatable bonds is 9. The summed E-state index contributed by atoms with van der Waals surface area (Å²) in [6.07, 6.45) is -0.992. The lowest BCUT2D eigenvalue weighted by molar-refractivity contribution is -0.138. The zero-order chi connectivity index (χ0) is 24.0. The third kappa shape index (κ3) is 8.42. The van der Waals surface area contributed by atoms with Crippen molar-refractivity contribution < 1.29 is 22.7 Å². The molecule has 2 aromatic rings. The second-order valence-electron chi connectivity index (χ2n) is 8.65. The van der Waals surface area contributed by atoms with Crippen molar-refractivity contribution in [3.8, 4) is 0 Å². The second-order valence-corrected chi connectivity index (χ2v) is 10.3. The quantitative estimate of drug-likeness (QED) is 0.410. The molecule has 0 radical (unpaired) electrons. The van der Waals surface area contributed by atoms with Crippen molar-refractivity contribution in [2.75, 3.05) is 11.9 Å². The lowest BCUT2D eigenvalue weighted by Gasteiger charge is -2.34. The Bertz CT molecular complexity index is 901. The van der Waals surface area contributed by atoms with E-state index in [1.807, 2.05) is 12.1 Å². The highest BCUT2D eigenvalue weighted by Gasteiger charge is 2.33. The first kappa shape index (κ1) is 25.1. The zero-order valence-electron chi connectivity index (χ0n) is 18.9. The molecule has 1 aromatic heterocycles. The largest absolute Gasteiger partial charge is 0.449 e. The first-order valence-electron chi connectivity index (χ1n) is 10.9. The highest BCUT2D eigenvalue weighted by Crippen LogP contribution is 2.41. The minimum absolute atomic E-state index is 0.179. The molecule has 0 spiro atoms. The molecule has 1 heterocycles. The summed E-state index contributed by atoms with van der Waals surface area (Å²) in [5, 5.41) is 5.93. The van der Waals surface area contributed by atoms with Gasteiger partial charge in [-0.05, 0) is 61.4 Å². The lowest BCUT2D eigenvalue weighted by atomic mass is 9.72. The molecule has 0 bridgehead atoms. The average Bonchev–Trinajstić information content (AvgIpc) is 2.67. The SMILES string of the molecule is CC(CC(F)(F)F)NC(=O)OCC1CC(c2cnc(Nc3ccc(SC(C)C)cc3)nc2)C1. The van der Waals surface area contributed by atoms with Crippen molar-refractivity contribution in [1.82, 2.24) is 15.3 Å². The molecule has 1 aromatic carbocycles. The molecular weight excluding hydrogens is 453 g/mol. The fourth-order valence-corrected chi connectivity index (χ4v) is 4.45. The standard InChI is InChI=1S/C23H29F3N4O2S/c1-14(2)33-20-6-4-19(5-7-20)30-21-27-11-18(12-28-21)17-8-16(9-17)13-32-22(31)29-15(3)10-23(24,25)26/h4-7,11-12,14-17H,8-10,13H2,1-3H3,(H,29,31)(H,27,28,30). The summed E-state index contributed by atoms with van der Waals surface area (Å²) < 4.78 is 42.0. The van der Waals surface area contributed by atoms with E-state index in [4.69, 9.17) is 4.74 Å². The molecule has 1 saturated carbocycles. The molecule has 10 heteroatoms. The van der Waals surface area contributed by atoms with Gasteiger partial charge in [-0.3, -0.25) is 0 Å². The second kappa shape index (κ2) is 11.1. The third-order valence-corrected chi connectivity index (χ3v) is 6.23. The number of hydrogen-bond donors (Lipinski definition) is 2. The molecular formula is C23H29F3N4O2S. The first-order chi connectivity index (χ1) is 15.6. The van der Waals surface area contributed by atoms with Crippen LogP contribution >= 0.6 is 11.8 Å². The Morgan fingerprint density at radius 2 is 1.79 bits per heavy atom. The summed E-state index contributed by atoms with van der Waals surface area (Å²) in [5.41, 5.74) is 1.93. The maximum atomic E-state index is 12.3. The van der Waals surface area contributed by atoms with Crippen LogP contribution in [0.5, 0.6) is 0 Å². The van der Waals surface area contributed by atoms with E-state index in [0.717, 1.165) is 24.1 Å². The number of anilines is 2. The van der Waals surface area contributed by atoms with Gasteiger partial charge in [-0.1, -0.05) is 13.8 Å². The summed E-state index contributed by atoms with van der Waals surface area (Å²) >= 11 is 1.81. The number of aromatic nitrogens is 2. The molecule has 0 saturated heterocycles. The van der Waals surface area contributed by atoms with Crippen molar-refractivity contribution in [3.63, 3.8) is 0 Å². The van der Waals surface area contributed by atoms with E-state index in [9.17, 15) is 18.0 Å². The van der Waals surface area contributed by atoms with E-state index in [1.165, 1.54) is 11.8 Å². The van der Waals surface area contributed by atoms with Gasteiger partial charge in [0.1, 0.15) is 0 Å². The lowest BCUT2D eigenvalue weighted by Crippen LogP contribution is -2.38. The number of nitrogens with zero attached hydrogens (tertiary/aromatic N) is 2. The van der Waals surface area contributed by atoms with Gasteiger partial charge in [-0.15, -0.1) is 11.8 Å². The number of carbonyl (C=O) groups excluding carboxylic acids is 1. The van der Waals surface area contributed by atoms with Crippen molar-refractivity contribution in [1.29, 1.82) is 0 Å². The molecule has 1 aliphatic rings. The number of amides is 1. The first-order valence-corrected chi connectivity index (χ1v) is 11.8. The molecule has 1 aliphatic carbocycles. The van der Waals surface area contributed by atoms with Crippen LogP contribution in [0.1, 0.15) is 51.5 Å². The smallest absolute Gasteiger partial charge is 0.407 e. The molecule has 1 atom stereocenters. The highest BCUT2D eigenvalue weighted by atomic mass is 32.2. The van der Waals surface area contributed by atoms with Gasteiger partial charge in [-0.2, -0.15) is 13.2 Å². The molecule has 6 nitrogen and oxygen atoms in total. The topological polar surface area (TPSA) is 76.1 Å². The van der Waals surface area contributed by atoms with Crippen LogP contribution in [0.25, 0.3) is 0 Å². The predicted octanol–water partition coefficient (Wildman–Crippen LogP) is 6.28. The van der Waals surface area contributed by atoms with Gasteiger partial charge in [0.25, 0.3) is 0 Å². The molecule has 3 rings (SSSR count). The van der Waals surface area contributed by atoms with Gasteiger partial charge < -0.3 is 15.4 Å². The zero-order valence-corrected chi connectivity index (χ0v) is 19.7. The number of thioether (sulfide) groups is 1. The van der Waals surface area contributed by atoms with Gasteiger partial charge in [0.05, 0.1) is 13.0 Å². The molecule has 2 N–H and O–H groups in total. The van der Waals surface area contributed by atoms with Crippen molar-refractivity contribution in [2.45, 2.75) is 68.3 Å². The van der Waals surface area contributed by atoms with Crippen molar-refractivity contribution in [3.05, 3.63) is 42.2 Å². The highest BCUT2D eigenvalue weighted by molar-refractivity contribution is 7.99. The van der Waals surface area contributed by atoms with Crippen LogP contribution in [-0.2, 0) is 4.74 Å². The van der Waals surface area contributed by atoms with E-state index in [2.05, 4.69) is 46.6 Å². The van der Waals surface area contributed by atoms with E-state index in [1.54, 1.807) is 24.2 Å². The predicted molar refractivity (Wildman–Crippen MR) is 123 cm³/mol. The fraction of sp³-hybridized carbons (Fsp3) is 0.522. The Morgan fingerprint density at radius 1 is 1.15 bits per heavy atom. The van der Waals surface area contributed by atoms with Crippen LogP contribution in [0.4, 0.5) is 29.6 Å². The number of halogens is 3. The summed E-state index contributed by atoms with van der Waals surface area (Å²) in [7, 11) is 0. The van der Waals surface area contributed by atoms with E-state index in [0.29, 0.717) is 11.2 Å². The molecule has 1 fully saturated rings. The number of hydrogen-bond acceptors (Lipinski definition) is 6. The fourth-order valence-electron chi connectivity index (χ4n) is 3.61. The molecule has 1 amide bonds. The Hall–Kier alpha value is -2.49. The third-order valence-electron chi connectivity index (χ3n) is 5.21. The Morgan fingerprint density at radius 3 is 2.36 bits per heavy atom. The van der Waals surface area contributed by atoms with Crippen LogP contribution in [0, 0.1) is 5.92 Å². The number of alkyl halides is 3. The van der Waals surface area contributed by atoms with Crippen LogP contribution in [0.3, 0.4) is 0 Å². The summed E-state index contributed by atoms with van der Waals surface area (Å²) in [6, 6.07) is 7.11. The minimum atomic E-state index is -4.32. The Labute approximate surface area is 196 Å². The van der Waals surface area contributed by atoms with Gasteiger partial charge in [0.15, 0.2) is 0 Å². The number of carbonyl (C=O) groups is 1. The van der Waals surface area contributed by atoms with Crippen LogP contribution in [0.15, 0.2) is 41.6 Å². The van der Waals surface area contributed by atoms with E-state index < -0.39 is 24.7 Å². The number of ether oxygens (including phenoxy) is 1. The summed E-state index contributed by atoms with van der Waals surface area (Å²) in [5.74, 6) is 0.984. The monoisotopic (exact) mass is 482 g/mol. The van der Waals surface area contributed by atoms with E-state index >= 15 is 0 Å². The van der Waals surface area contributed by atoms with Crippen LogP contribution < -0.4 is 10.6 Å². The number of alkyl carbamates (subject to hydrolysis) is 1. The number of benzene rings is 1. The Balaban J connectivity index is 1.38. The van der Waals surface area contributed by atoms with Gasteiger partial charge >= 0.3 is 12.3 Å². The molecule has 0 aliphatic heterocycles. The van der Waals surface area contributed by atoms with Crippen LogP contribution in [-0.4, -0.2) is 40.1 Å². The number of nitrogens with one attached hydrogen (secondary N) is 2. The summed E-state index contributed by atoms with van der Waals surface area (Å²) in [6.45, 7) is 5.80. The van der Waals surface area contributed by atoms with Gasteiger partial charge in [0.2, 0.25) is 5.95 Å². The molecule has 180 valence electrons. The van der Waals surface area contributed by atoms with Crippen molar-refractivity contribution >= 4 is 29.5 Å². The van der Waals surface area contributed by atoms with Gasteiger partial charge in [-0.25, -0.2) is 14.8 Å². The minimum Gasteiger partial charge on any atom is -0.449 e. The van der Waals surface area contributed by atoms with Gasteiger partial charge in [0, 0.05) is 34.3 Å². The van der Waals surface area contributed by atoms with E-state index in [-0.39, 0.29) is 18.4 Å². The molecule has 33 heavy (non-hydrogen) atoms. The average molecular weight is 483 g/mol. The maximum Gasteiger partial charge on any atom is 0.407 e. The van der Waals surface area contributed by atoms with Crippen LogP contribution in [0.2, 0.25) is 0 Å².